The SMILES string of the molecule is COc1cc2ncn(-c3cc(OCCN4CCOCC4)c(C(N)=O)s3)c2cc1OC. The van der Waals surface area contributed by atoms with Crippen LogP contribution < -0.4 is 19.9 Å². The number of carbonyl (C=O) groups is 1. The first-order valence-corrected chi connectivity index (χ1v) is 10.4. The van der Waals surface area contributed by atoms with Crippen molar-refractivity contribution in [1.82, 2.24) is 14.5 Å². The number of hydrogen-bond acceptors (Lipinski definition) is 8. The van der Waals surface area contributed by atoms with Crippen LogP contribution >= 0.6 is 11.3 Å². The van der Waals surface area contributed by atoms with Gasteiger partial charge in [-0.15, -0.1) is 11.3 Å². The largest absolute Gasteiger partial charge is 0.493 e. The number of carbonyl (C=O) groups excluding carboxylic acids is 1. The van der Waals surface area contributed by atoms with Gasteiger partial charge in [0.05, 0.1) is 38.5 Å². The summed E-state index contributed by atoms with van der Waals surface area (Å²) in [4.78, 5) is 19.1. The maximum Gasteiger partial charge on any atom is 0.262 e. The Balaban J connectivity index is 1.60. The molecule has 0 radical (unpaired) electrons. The quantitative estimate of drug-likeness (QED) is 0.580. The van der Waals surface area contributed by atoms with E-state index in [0.29, 0.717) is 28.7 Å². The van der Waals surface area contributed by atoms with Crippen LogP contribution in [0.4, 0.5) is 0 Å². The van der Waals surface area contributed by atoms with Crippen molar-refractivity contribution in [3.8, 4) is 22.2 Å². The molecule has 160 valence electrons. The number of aromatic nitrogens is 2. The molecular weight excluding hydrogens is 408 g/mol. The van der Waals surface area contributed by atoms with E-state index in [2.05, 4.69) is 9.88 Å². The third-order valence-electron chi connectivity index (χ3n) is 4.97. The number of morpholine rings is 1. The fourth-order valence-corrected chi connectivity index (χ4v) is 4.32. The molecule has 1 aromatic carbocycles. The highest BCUT2D eigenvalue weighted by Crippen LogP contribution is 2.36. The molecule has 0 saturated carbocycles. The minimum atomic E-state index is -0.517. The Hall–Kier alpha value is -2.82. The maximum atomic E-state index is 12.0. The lowest BCUT2D eigenvalue weighted by atomic mass is 10.2. The van der Waals surface area contributed by atoms with Crippen molar-refractivity contribution in [3.05, 3.63) is 29.4 Å². The van der Waals surface area contributed by atoms with Crippen LogP contribution in [0, 0.1) is 0 Å². The molecule has 2 aromatic heterocycles. The molecule has 4 rings (SSSR count). The van der Waals surface area contributed by atoms with E-state index in [4.69, 9.17) is 24.7 Å². The first-order valence-electron chi connectivity index (χ1n) is 9.56. The molecule has 3 aromatic rings. The number of fused-ring (bicyclic) bond motifs is 1. The lowest BCUT2D eigenvalue weighted by molar-refractivity contribution is 0.0322. The highest BCUT2D eigenvalue weighted by Gasteiger charge is 2.19. The van der Waals surface area contributed by atoms with E-state index in [0.717, 1.165) is 48.9 Å². The fraction of sp³-hybridized carbons (Fsp3) is 0.400. The van der Waals surface area contributed by atoms with E-state index < -0.39 is 5.91 Å². The number of ether oxygens (including phenoxy) is 4. The summed E-state index contributed by atoms with van der Waals surface area (Å²) in [5, 5.41) is 0.778. The Kier molecular flexibility index (Phi) is 6.07. The van der Waals surface area contributed by atoms with Gasteiger partial charge >= 0.3 is 0 Å². The fourth-order valence-electron chi connectivity index (χ4n) is 3.38. The third kappa shape index (κ3) is 4.07. The van der Waals surface area contributed by atoms with Gasteiger partial charge in [0, 0.05) is 37.8 Å². The number of imidazole rings is 1. The van der Waals surface area contributed by atoms with Gasteiger partial charge in [-0.1, -0.05) is 0 Å². The number of nitrogens with zero attached hydrogens (tertiary/aromatic N) is 3. The minimum absolute atomic E-state index is 0.384. The van der Waals surface area contributed by atoms with Crippen LogP contribution in [-0.2, 0) is 4.74 Å². The van der Waals surface area contributed by atoms with Gasteiger partial charge in [0.25, 0.3) is 5.91 Å². The molecule has 30 heavy (non-hydrogen) atoms. The third-order valence-corrected chi connectivity index (χ3v) is 6.10. The monoisotopic (exact) mass is 432 g/mol. The van der Waals surface area contributed by atoms with Crippen LogP contribution in [0.25, 0.3) is 16.0 Å². The number of primary amides is 1. The molecule has 0 spiro atoms. The van der Waals surface area contributed by atoms with E-state index in [-0.39, 0.29) is 0 Å². The summed E-state index contributed by atoms with van der Waals surface area (Å²) in [5.74, 6) is 1.17. The van der Waals surface area contributed by atoms with E-state index in [9.17, 15) is 4.79 Å². The molecule has 2 N–H and O–H groups in total. The molecule has 1 aliphatic heterocycles. The standard InChI is InChI=1S/C20H24N4O5S/c1-26-15-9-13-14(10-16(15)27-2)24(12-22-13)18-11-17(19(30-18)20(21)25)29-8-5-23-3-6-28-7-4-23/h9-12H,3-8H2,1-2H3,(H2,21,25). The highest BCUT2D eigenvalue weighted by molar-refractivity contribution is 7.16. The lowest BCUT2D eigenvalue weighted by Crippen LogP contribution is -2.38. The first-order chi connectivity index (χ1) is 14.6. The molecule has 1 aliphatic rings. The Morgan fingerprint density at radius 3 is 2.60 bits per heavy atom. The second kappa shape index (κ2) is 8.90. The van der Waals surface area contributed by atoms with Crippen molar-refractivity contribution >= 4 is 28.3 Å². The summed E-state index contributed by atoms with van der Waals surface area (Å²) in [6.07, 6.45) is 1.69. The summed E-state index contributed by atoms with van der Waals surface area (Å²) in [5.41, 5.74) is 7.17. The molecule has 0 aliphatic carbocycles. The van der Waals surface area contributed by atoms with Crippen LogP contribution in [0.15, 0.2) is 24.5 Å². The first kappa shape index (κ1) is 20.5. The summed E-state index contributed by atoms with van der Waals surface area (Å²) in [7, 11) is 3.17. The van der Waals surface area contributed by atoms with Gasteiger partial charge in [-0.25, -0.2) is 4.98 Å². The number of hydrogen-bond donors (Lipinski definition) is 1. The normalized spacial score (nSPS) is 14.7. The van der Waals surface area contributed by atoms with E-state index >= 15 is 0 Å². The van der Waals surface area contributed by atoms with Gasteiger partial charge in [0.1, 0.15) is 28.6 Å². The van der Waals surface area contributed by atoms with Gasteiger partial charge in [-0.2, -0.15) is 0 Å². The zero-order chi connectivity index (χ0) is 21.1. The molecule has 9 nitrogen and oxygen atoms in total. The molecule has 1 amide bonds. The van der Waals surface area contributed by atoms with Crippen LogP contribution in [0.1, 0.15) is 9.67 Å². The van der Waals surface area contributed by atoms with Crippen molar-refractivity contribution in [3.63, 3.8) is 0 Å². The van der Waals surface area contributed by atoms with Crippen molar-refractivity contribution in [2.45, 2.75) is 0 Å². The Labute approximate surface area is 177 Å². The number of methoxy groups -OCH3 is 2. The van der Waals surface area contributed by atoms with Crippen molar-refractivity contribution in [1.29, 1.82) is 0 Å². The second-order valence-corrected chi connectivity index (χ2v) is 7.79. The predicted molar refractivity (Wildman–Crippen MR) is 113 cm³/mol. The van der Waals surface area contributed by atoms with Crippen molar-refractivity contribution in [2.24, 2.45) is 5.73 Å². The molecule has 3 heterocycles. The molecule has 0 atom stereocenters. The molecular formula is C20H24N4O5S. The highest BCUT2D eigenvalue weighted by atomic mass is 32.1. The Morgan fingerprint density at radius 1 is 1.17 bits per heavy atom. The smallest absolute Gasteiger partial charge is 0.262 e. The summed E-state index contributed by atoms with van der Waals surface area (Å²) in [6, 6.07) is 5.48. The summed E-state index contributed by atoms with van der Waals surface area (Å²) in [6.45, 7) is 4.46. The number of nitrogens with two attached hydrogens (primary N) is 1. The zero-order valence-electron chi connectivity index (χ0n) is 16.9. The number of benzene rings is 1. The predicted octanol–water partition coefficient (Wildman–Crippen LogP) is 1.91. The maximum absolute atomic E-state index is 12.0. The van der Waals surface area contributed by atoms with Gasteiger partial charge < -0.3 is 24.7 Å². The van der Waals surface area contributed by atoms with Crippen molar-refractivity contribution in [2.75, 3.05) is 53.7 Å². The van der Waals surface area contributed by atoms with E-state index in [1.54, 1.807) is 20.5 Å². The minimum Gasteiger partial charge on any atom is -0.493 e. The lowest BCUT2D eigenvalue weighted by Gasteiger charge is -2.26. The van der Waals surface area contributed by atoms with Crippen LogP contribution in [-0.4, -0.2) is 74.0 Å². The van der Waals surface area contributed by atoms with Gasteiger partial charge in [-0.3, -0.25) is 14.3 Å². The average Bonchev–Trinajstić information content (AvgIpc) is 3.37. The summed E-state index contributed by atoms with van der Waals surface area (Å²) < 4.78 is 23.9. The molecule has 0 unspecified atom stereocenters. The molecule has 0 bridgehead atoms. The number of amides is 1. The van der Waals surface area contributed by atoms with E-state index in [1.165, 1.54) is 11.3 Å². The number of rotatable bonds is 8. The number of thiophene rings is 1. The Bertz CT molecular complexity index is 1040. The summed E-state index contributed by atoms with van der Waals surface area (Å²) >= 11 is 1.27. The zero-order valence-corrected chi connectivity index (χ0v) is 17.7. The van der Waals surface area contributed by atoms with Gasteiger partial charge in [0.15, 0.2) is 11.5 Å². The van der Waals surface area contributed by atoms with Crippen LogP contribution in [0.3, 0.4) is 0 Å². The van der Waals surface area contributed by atoms with Gasteiger partial charge in [-0.05, 0) is 0 Å². The second-order valence-electron chi connectivity index (χ2n) is 6.76. The van der Waals surface area contributed by atoms with Gasteiger partial charge in [0.2, 0.25) is 0 Å². The topological polar surface area (TPSA) is 101 Å². The Morgan fingerprint density at radius 2 is 1.90 bits per heavy atom. The van der Waals surface area contributed by atoms with Crippen LogP contribution in [0.2, 0.25) is 0 Å². The van der Waals surface area contributed by atoms with Crippen molar-refractivity contribution < 1.29 is 23.7 Å². The van der Waals surface area contributed by atoms with Crippen LogP contribution in [0.5, 0.6) is 17.2 Å². The molecule has 10 heteroatoms. The van der Waals surface area contributed by atoms with E-state index in [1.807, 2.05) is 22.8 Å². The molecule has 1 fully saturated rings. The average molecular weight is 433 g/mol. The molecule has 1 saturated heterocycles.